The van der Waals surface area contributed by atoms with Gasteiger partial charge in [0.15, 0.2) is 0 Å². The van der Waals surface area contributed by atoms with Gasteiger partial charge in [0.25, 0.3) is 11.8 Å². The number of fused-ring (bicyclic) bond motifs is 1. The number of benzene rings is 2. The van der Waals surface area contributed by atoms with E-state index in [4.69, 9.17) is 4.74 Å². The van der Waals surface area contributed by atoms with E-state index in [1.165, 1.54) is 21.8 Å². The van der Waals surface area contributed by atoms with Crippen molar-refractivity contribution in [3.05, 3.63) is 87.1 Å². The normalized spacial score (nSPS) is 12.3. The summed E-state index contributed by atoms with van der Waals surface area (Å²) in [6.45, 7) is 0.466. The van der Waals surface area contributed by atoms with E-state index < -0.39 is 0 Å². The molecule has 1 aliphatic rings. The molecule has 2 aromatic carbocycles. The molecule has 3 aromatic rings. The first kappa shape index (κ1) is 18.3. The number of hydrogen-bond donors (Lipinski definition) is 2. The maximum Gasteiger partial charge on any atom is 0.279 e. The lowest BCUT2D eigenvalue weighted by atomic mass is 10.2. The van der Waals surface area contributed by atoms with Crippen LogP contribution in [0.1, 0.15) is 42.5 Å². The lowest BCUT2D eigenvalue weighted by Crippen LogP contribution is -2.41. The molecule has 0 saturated carbocycles. The van der Waals surface area contributed by atoms with Crippen molar-refractivity contribution >= 4 is 23.2 Å². The molecule has 0 bridgehead atoms. The first-order chi connectivity index (χ1) is 13.7. The Morgan fingerprint density at radius 2 is 1.68 bits per heavy atom. The smallest absolute Gasteiger partial charge is 0.279 e. The Balaban J connectivity index is 1.28. The summed E-state index contributed by atoms with van der Waals surface area (Å²) in [5, 5.41) is 0. The summed E-state index contributed by atoms with van der Waals surface area (Å²) in [4.78, 5) is 26.4. The topological polar surface area (TPSA) is 67.4 Å². The van der Waals surface area contributed by atoms with Crippen molar-refractivity contribution in [1.29, 1.82) is 0 Å². The van der Waals surface area contributed by atoms with E-state index in [0.717, 1.165) is 24.8 Å². The number of hydrazine groups is 1. The fraction of sp³-hybridized carbons (Fsp3) is 0.182. The monoisotopic (exact) mass is 392 g/mol. The van der Waals surface area contributed by atoms with Crippen molar-refractivity contribution in [2.75, 3.05) is 0 Å². The molecule has 0 unspecified atom stereocenters. The predicted molar refractivity (Wildman–Crippen MR) is 108 cm³/mol. The predicted octanol–water partition coefficient (Wildman–Crippen LogP) is 3.89. The molecule has 1 aromatic heterocycles. The highest BCUT2D eigenvalue weighted by molar-refractivity contribution is 7.14. The number of carbonyl (C=O) groups is 2. The van der Waals surface area contributed by atoms with Crippen LogP contribution in [0.15, 0.2) is 60.7 Å². The molecular weight excluding hydrogens is 372 g/mol. The summed E-state index contributed by atoms with van der Waals surface area (Å²) < 4.78 is 5.71. The number of rotatable bonds is 5. The minimum atomic E-state index is -0.368. The lowest BCUT2D eigenvalue weighted by Gasteiger charge is -2.08. The van der Waals surface area contributed by atoms with Crippen molar-refractivity contribution in [1.82, 2.24) is 10.9 Å². The molecule has 28 heavy (non-hydrogen) atoms. The van der Waals surface area contributed by atoms with Crippen LogP contribution in [0.5, 0.6) is 5.75 Å². The standard InChI is InChI=1S/C22H20N2O3S/c25-21(23-24-22(26)20-13-17-7-4-8-19(17)28-20)16-9-11-18(12-10-16)27-14-15-5-2-1-3-6-15/h1-3,5-6,9-13H,4,7-8,14H2,(H,23,25)(H,24,26). The fourth-order valence-corrected chi connectivity index (χ4v) is 4.28. The maximum atomic E-state index is 12.2. The number of thiophene rings is 1. The minimum Gasteiger partial charge on any atom is -0.489 e. The number of nitrogens with one attached hydrogen (secondary N) is 2. The van der Waals surface area contributed by atoms with E-state index in [9.17, 15) is 9.59 Å². The Morgan fingerprint density at radius 3 is 2.43 bits per heavy atom. The second kappa shape index (κ2) is 8.27. The van der Waals surface area contributed by atoms with Gasteiger partial charge in [-0.15, -0.1) is 11.3 Å². The molecule has 1 aliphatic carbocycles. The van der Waals surface area contributed by atoms with Gasteiger partial charge in [0.05, 0.1) is 4.88 Å². The van der Waals surface area contributed by atoms with Gasteiger partial charge in [-0.05, 0) is 60.7 Å². The van der Waals surface area contributed by atoms with E-state index >= 15 is 0 Å². The summed E-state index contributed by atoms with van der Waals surface area (Å²) in [5.41, 5.74) is 7.73. The van der Waals surface area contributed by atoms with Crippen LogP contribution in [0.25, 0.3) is 0 Å². The van der Waals surface area contributed by atoms with Gasteiger partial charge in [-0.3, -0.25) is 20.4 Å². The number of aryl methyl sites for hydroxylation is 2. The highest BCUT2D eigenvalue weighted by atomic mass is 32.1. The van der Waals surface area contributed by atoms with Gasteiger partial charge in [-0.25, -0.2) is 0 Å². The van der Waals surface area contributed by atoms with Crippen molar-refractivity contribution in [3.63, 3.8) is 0 Å². The molecule has 142 valence electrons. The van der Waals surface area contributed by atoms with Gasteiger partial charge in [0.2, 0.25) is 0 Å². The van der Waals surface area contributed by atoms with Crippen LogP contribution < -0.4 is 15.6 Å². The molecule has 0 spiro atoms. The fourth-order valence-electron chi connectivity index (χ4n) is 3.13. The van der Waals surface area contributed by atoms with Crippen LogP contribution in [0.3, 0.4) is 0 Å². The average Bonchev–Trinajstić information content (AvgIpc) is 3.34. The average molecular weight is 392 g/mol. The van der Waals surface area contributed by atoms with Crippen LogP contribution >= 0.6 is 11.3 Å². The summed E-state index contributed by atoms with van der Waals surface area (Å²) >= 11 is 1.50. The molecule has 0 saturated heterocycles. The highest BCUT2D eigenvalue weighted by Crippen LogP contribution is 2.30. The Morgan fingerprint density at radius 1 is 0.929 bits per heavy atom. The summed E-state index contributed by atoms with van der Waals surface area (Å²) in [5.74, 6) is 0.0279. The van der Waals surface area contributed by atoms with Crippen LogP contribution in [0.2, 0.25) is 0 Å². The number of amides is 2. The number of hydrogen-bond acceptors (Lipinski definition) is 4. The van der Waals surface area contributed by atoms with E-state index in [2.05, 4.69) is 10.9 Å². The Labute approximate surface area is 167 Å². The Hall–Kier alpha value is -3.12. The van der Waals surface area contributed by atoms with Crippen molar-refractivity contribution in [2.45, 2.75) is 25.9 Å². The number of ether oxygens (including phenoxy) is 1. The minimum absolute atomic E-state index is 0.282. The van der Waals surface area contributed by atoms with Crippen LogP contribution in [-0.4, -0.2) is 11.8 Å². The van der Waals surface area contributed by atoms with Gasteiger partial charge in [-0.1, -0.05) is 30.3 Å². The van der Waals surface area contributed by atoms with Gasteiger partial charge in [0, 0.05) is 10.4 Å². The zero-order valence-electron chi connectivity index (χ0n) is 15.2. The zero-order chi connectivity index (χ0) is 19.3. The molecule has 0 radical (unpaired) electrons. The molecule has 2 amide bonds. The third-order valence-electron chi connectivity index (χ3n) is 4.62. The molecule has 6 heteroatoms. The van der Waals surface area contributed by atoms with Crippen molar-refractivity contribution < 1.29 is 14.3 Å². The van der Waals surface area contributed by atoms with Crippen molar-refractivity contribution in [2.24, 2.45) is 0 Å². The molecule has 4 rings (SSSR count). The lowest BCUT2D eigenvalue weighted by molar-refractivity contribution is 0.0849. The van der Waals surface area contributed by atoms with E-state index in [1.54, 1.807) is 24.3 Å². The summed E-state index contributed by atoms with van der Waals surface area (Å²) in [6.07, 6.45) is 3.23. The molecule has 1 heterocycles. The third-order valence-corrected chi connectivity index (χ3v) is 5.86. The van der Waals surface area contributed by atoms with E-state index in [1.807, 2.05) is 36.4 Å². The van der Waals surface area contributed by atoms with Crippen LogP contribution in [0, 0.1) is 0 Å². The Bertz CT molecular complexity index is 959. The highest BCUT2D eigenvalue weighted by Gasteiger charge is 2.18. The second-order valence-corrected chi connectivity index (χ2v) is 7.76. The SMILES string of the molecule is O=C(NNC(=O)c1cc2c(s1)CCC2)c1ccc(OCc2ccccc2)cc1. The molecular formula is C22H20N2O3S. The second-order valence-electron chi connectivity index (χ2n) is 6.62. The molecule has 0 fully saturated rings. The van der Waals surface area contributed by atoms with Gasteiger partial charge in [0.1, 0.15) is 12.4 Å². The third kappa shape index (κ3) is 4.23. The first-order valence-corrected chi connectivity index (χ1v) is 10.00. The quantitative estimate of drug-likeness (QED) is 0.648. The van der Waals surface area contributed by atoms with E-state index in [0.29, 0.717) is 22.8 Å². The molecule has 5 nitrogen and oxygen atoms in total. The van der Waals surface area contributed by atoms with Crippen LogP contribution in [0.4, 0.5) is 0 Å². The maximum absolute atomic E-state index is 12.2. The summed E-state index contributed by atoms with van der Waals surface area (Å²) in [7, 11) is 0. The zero-order valence-corrected chi connectivity index (χ0v) is 16.1. The first-order valence-electron chi connectivity index (χ1n) is 9.18. The van der Waals surface area contributed by atoms with Gasteiger partial charge < -0.3 is 4.74 Å². The van der Waals surface area contributed by atoms with Gasteiger partial charge >= 0.3 is 0 Å². The van der Waals surface area contributed by atoms with Crippen molar-refractivity contribution in [3.8, 4) is 5.75 Å². The Kier molecular flexibility index (Phi) is 5.39. The molecule has 0 aliphatic heterocycles. The molecule has 0 atom stereocenters. The summed E-state index contributed by atoms with van der Waals surface area (Å²) in [6, 6.07) is 18.6. The largest absolute Gasteiger partial charge is 0.489 e. The van der Waals surface area contributed by atoms with Crippen LogP contribution in [-0.2, 0) is 19.4 Å². The molecule has 2 N–H and O–H groups in total. The van der Waals surface area contributed by atoms with Gasteiger partial charge in [-0.2, -0.15) is 0 Å². The van der Waals surface area contributed by atoms with E-state index in [-0.39, 0.29) is 11.8 Å². The number of carbonyl (C=O) groups excluding carboxylic acids is 2.